The lowest BCUT2D eigenvalue weighted by molar-refractivity contribution is 0.309. The third-order valence-corrected chi connectivity index (χ3v) is 8.70. The van der Waals surface area contributed by atoms with Crippen molar-refractivity contribution in [1.29, 1.82) is 0 Å². The Morgan fingerprint density at radius 2 is 1.86 bits per heavy atom. The second-order valence-corrected chi connectivity index (χ2v) is 11.8. The minimum Gasteiger partial charge on any atom is -0.508 e. The number of pyridine rings is 1. The summed E-state index contributed by atoms with van der Waals surface area (Å²) in [6, 6.07) is 6.11. The number of benzene rings is 1. The van der Waals surface area contributed by atoms with E-state index in [1.54, 1.807) is 24.7 Å². The summed E-state index contributed by atoms with van der Waals surface area (Å²) in [6.45, 7) is 1.90. The maximum atomic E-state index is 14.5. The number of fused-ring (bicyclic) bond motifs is 1. The lowest BCUT2D eigenvalue weighted by atomic mass is 9.76. The van der Waals surface area contributed by atoms with Crippen LogP contribution in [0.5, 0.6) is 5.75 Å². The normalized spacial score (nSPS) is 22.3. The molecule has 0 saturated heterocycles. The van der Waals surface area contributed by atoms with Gasteiger partial charge in [0.1, 0.15) is 17.4 Å². The molecule has 12 heteroatoms. The number of phenolic OH excluding ortho intramolecular Hbond substituents is 1. The number of nitrogens with zero attached hydrogens (tertiary/aromatic N) is 4. The van der Waals surface area contributed by atoms with Gasteiger partial charge in [-0.3, -0.25) is 4.98 Å². The van der Waals surface area contributed by atoms with E-state index in [1.807, 2.05) is 13.0 Å². The Hall–Kier alpha value is -3.64. The molecule has 0 radical (unpaired) electrons. The highest BCUT2D eigenvalue weighted by molar-refractivity contribution is 7.91. The maximum Gasteiger partial charge on any atom is 0.229 e. The summed E-state index contributed by atoms with van der Waals surface area (Å²) in [5, 5.41) is 16.5. The third kappa shape index (κ3) is 4.74. The van der Waals surface area contributed by atoms with Gasteiger partial charge in [-0.2, -0.15) is 9.61 Å². The van der Waals surface area contributed by atoms with E-state index in [-0.39, 0.29) is 23.1 Å². The van der Waals surface area contributed by atoms with Crippen molar-refractivity contribution in [2.75, 3.05) is 11.6 Å². The molecule has 1 aliphatic rings. The first-order valence-corrected chi connectivity index (χ1v) is 13.7. The minimum atomic E-state index is -3.28. The molecule has 1 aliphatic carbocycles. The van der Waals surface area contributed by atoms with Gasteiger partial charge in [0, 0.05) is 30.6 Å². The van der Waals surface area contributed by atoms with Crippen molar-refractivity contribution in [2.24, 2.45) is 11.7 Å². The SMILES string of the molecule is CC1CC(c2ccncc2Nc2ncc3ccc(-c4c(F)cc(O)cc4F)nn23)CC(N)C1S(C)(=O)=O. The van der Waals surface area contributed by atoms with Crippen LogP contribution in [-0.4, -0.2) is 50.7 Å². The highest BCUT2D eigenvalue weighted by atomic mass is 32.2. The Labute approximate surface area is 212 Å². The average molecular weight is 529 g/mol. The number of anilines is 2. The summed E-state index contributed by atoms with van der Waals surface area (Å²) in [6.07, 6.45) is 7.22. The monoisotopic (exact) mass is 528 g/mol. The Balaban J connectivity index is 1.49. The molecule has 1 aromatic carbocycles. The molecule has 4 atom stereocenters. The van der Waals surface area contributed by atoms with Crippen molar-refractivity contribution in [3.05, 3.63) is 66.1 Å². The van der Waals surface area contributed by atoms with Gasteiger partial charge in [-0.25, -0.2) is 22.2 Å². The van der Waals surface area contributed by atoms with Crippen molar-refractivity contribution in [3.63, 3.8) is 0 Å². The molecule has 37 heavy (non-hydrogen) atoms. The molecule has 5 rings (SSSR count). The number of aromatic nitrogens is 4. The van der Waals surface area contributed by atoms with E-state index >= 15 is 0 Å². The smallest absolute Gasteiger partial charge is 0.229 e. The summed E-state index contributed by atoms with van der Waals surface area (Å²) in [4.78, 5) is 8.59. The summed E-state index contributed by atoms with van der Waals surface area (Å²) in [7, 11) is -3.28. The molecule has 4 aromatic rings. The van der Waals surface area contributed by atoms with E-state index in [0.717, 1.165) is 17.7 Å². The summed E-state index contributed by atoms with van der Waals surface area (Å²) < 4.78 is 54.9. The molecule has 0 amide bonds. The number of hydrogen-bond donors (Lipinski definition) is 3. The van der Waals surface area contributed by atoms with Crippen molar-refractivity contribution in [2.45, 2.75) is 37.0 Å². The Morgan fingerprint density at radius 1 is 1.14 bits per heavy atom. The maximum absolute atomic E-state index is 14.5. The van der Waals surface area contributed by atoms with Crippen molar-refractivity contribution < 1.29 is 22.3 Å². The third-order valence-electron chi connectivity index (χ3n) is 6.90. The molecular weight excluding hydrogens is 502 g/mol. The number of imidazole rings is 1. The van der Waals surface area contributed by atoms with Crippen molar-refractivity contribution >= 4 is 27.0 Å². The van der Waals surface area contributed by atoms with Gasteiger partial charge in [0.2, 0.25) is 5.95 Å². The van der Waals surface area contributed by atoms with Crippen LogP contribution in [0.3, 0.4) is 0 Å². The topological polar surface area (TPSA) is 136 Å². The van der Waals surface area contributed by atoms with Crippen LogP contribution in [0.15, 0.2) is 48.9 Å². The van der Waals surface area contributed by atoms with E-state index in [4.69, 9.17) is 5.73 Å². The molecule has 0 aliphatic heterocycles. The van der Waals surface area contributed by atoms with Crippen LogP contribution in [0.4, 0.5) is 20.4 Å². The molecule has 3 aromatic heterocycles. The first-order chi connectivity index (χ1) is 17.5. The van der Waals surface area contributed by atoms with Crippen LogP contribution in [0, 0.1) is 17.6 Å². The summed E-state index contributed by atoms with van der Waals surface area (Å²) >= 11 is 0. The first-order valence-electron chi connectivity index (χ1n) is 11.7. The van der Waals surface area contributed by atoms with Gasteiger partial charge in [-0.15, -0.1) is 0 Å². The highest BCUT2D eigenvalue weighted by Crippen LogP contribution is 2.41. The summed E-state index contributed by atoms with van der Waals surface area (Å²) in [5.74, 6) is -2.24. The van der Waals surface area contributed by atoms with Gasteiger partial charge in [0.25, 0.3) is 0 Å². The molecule has 1 saturated carbocycles. The van der Waals surface area contributed by atoms with Gasteiger partial charge in [-0.05, 0) is 48.4 Å². The molecule has 0 spiro atoms. The van der Waals surface area contributed by atoms with Crippen LogP contribution in [0.25, 0.3) is 16.8 Å². The quantitative estimate of drug-likeness (QED) is 0.356. The molecular formula is C25H26F2N6O3S. The Kier molecular flexibility index (Phi) is 6.32. The Morgan fingerprint density at radius 3 is 2.54 bits per heavy atom. The van der Waals surface area contributed by atoms with Gasteiger partial charge >= 0.3 is 0 Å². The fourth-order valence-corrected chi connectivity index (χ4v) is 7.15. The molecule has 0 bridgehead atoms. The van der Waals surface area contributed by atoms with E-state index < -0.39 is 38.5 Å². The predicted octanol–water partition coefficient (Wildman–Crippen LogP) is 3.77. The fourth-order valence-electron chi connectivity index (χ4n) is 5.45. The van der Waals surface area contributed by atoms with Crippen molar-refractivity contribution in [1.82, 2.24) is 19.6 Å². The van der Waals surface area contributed by atoms with Crippen LogP contribution in [-0.2, 0) is 9.84 Å². The number of phenols is 1. The zero-order valence-corrected chi connectivity index (χ0v) is 21.0. The fraction of sp³-hybridized carbons (Fsp3) is 0.320. The second kappa shape index (κ2) is 9.34. The molecule has 9 nitrogen and oxygen atoms in total. The molecule has 4 unspecified atom stereocenters. The van der Waals surface area contributed by atoms with E-state index in [1.165, 1.54) is 16.8 Å². The standard InChI is InChI=1S/C25H26F2N6O3S/c1-13-7-14(8-20(28)24(13)37(2,35)36)17-5-6-29-12-22(17)31-25-30-11-15-3-4-21(32-33(15)25)23-18(26)9-16(34)10-19(23)27/h3-6,9-14,20,24,34H,7-8,28H2,1-2H3,(H,30,31). The lowest BCUT2D eigenvalue weighted by Crippen LogP contribution is -2.48. The zero-order chi connectivity index (χ0) is 26.5. The van der Waals surface area contributed by atoms with Crippen LogP contribution < -0.4 is 11.1 Å². The zero-order valence-electron chi connectivity index (χ0n) is 20.1. The van der Waals surface area contributed by atoms with E-state index in [0.29, 0.717) is 30.0 Å². The molecule has 1 fully saturated rings. The van der Waals surface area contributed by atoms with Gasteiger partial charge in [0.15, 0.2) is 9.84 Å². The number of rotatable bonds is 5. The predicted molar refractivity (Wildman–Crippen MR) is 135 cm³/mol. The number of nitrogens with two attached hydrogens (primary N) is 1. The van der Waals surface area contributed by atoms with Crippen LogP contribution in [0.1, 0.15) is 31.2 Å². The molecule has 3 heterocycles. The van der Waals surface area contributed by atoms with Gasteiger partial charge in [0.05, 0.1) is 40.1 Å². The molecule has 194 valence electrons. The number of halogens is 2. The highest BCUT2D eigenvalue weighted by Gasteiger charge is 2.40. The van der Waals surface area contributed by atoms with Crippen LogP contribution >= 0.6 is 0 Å². The Bertz CT molecular complexity index is 1560. The van der Waals surface area contributed by atoms with Gasteiger partial charge < -0.3 is 16.2 Å². The van der Waals surface area contributed by atoms with Crippen LogP contribution in [0.2, 0.25) is 0 Å². The first kappa shape index (κ1) is 25.0. The largest absolute Gasteiger partial charge is 0.508 e. The van der Waals surface area contributed by atoms with Gasteiger partial charge in [-0.1, -0.05) is 6.92 Å². The average Bonchev–Trinajstić information content (AvgIpc) is 3.19. The lowest BCUT2D eigenvalue weighted by Gasteiger charge is -2.38. The van der Waals surface area contributed by atoms with E-state index in [2.05, 4.69) is 20.4 Å². The number of sulfone groups is 1. The molecule has 4 N–H and O–H groups in total. The summed E-state index contributed by atoms with van der Waals surface area (Å²) in [5.41, 5.74) is 8.12. The minimum absolute atomic E-state index is 0.0107. The number of hydrogen-bond acceptors (Lipinski definition) is 8. The number of aromatic hydroxyl groups is 1. The number of nitrogens with one attached hydrogen (secondary N) is 1. The van der Waals surface area contributed by atoms with E-state index in [9.17, 15) is 22.3 Å². The van der Waals surface area contributed by atoms with Crippen molar-refractivity contribution in [3.8, 4) is 17.0 Å². The second-order valence-electron chi connectivity index (χ2n) is 9.61.